The van der Waals surface area contributed by atoms with Crippen LogP contribution >= 0.6 is 23.4 Å². The first-order chi connectivity index (χ1) is 9.70. The van der Waals surface area contributed by atoms with Gasteiger partial charge in [0.25, 0.3) is 0 Å². The van der Waals surface area contributed by atoms with Crippen molar-refractivity contribution >= 4 is 23.4 Å². The van der Waals surface area contributed by atoms with Crippen LogP contribution in [0.25, 0.3) is 0 Å². The Morgan fingerprint density at radius 1 is 1.25 bits per heavy atom. The van der Waals surface area contributed by atoms with Gasteiger partial charge in [-0.2, -0.15) is 0 Å². The molecule has 0 fully saturated rings. The van der Waals surface area contributed by atoms with Gasteiger partial charge in [0.15, 0.2) is 0 Å². The predicted molar refractivity (Wildman–Crippen MR) is 87.6 cm³/mol. The Morgan fingerprint density at radius 2 is 2.00 bits per heavy atom. The van der Waals surface area contributed by atoms with Gasteiger partial charge >= 0.3 is 0 Å². The van der Waals surface area contributed by atoms with Gasteiger partial charge in [-0.05, 0) is 54.9 Å². The van der Waals surface area contributed by atoms with Crippen molar-refractivity contribution in [3.63, 3.8) is 0 Å². The molecule has 1 heterocycles. The first-order valence-corrected chi connectivity index (χ1v) is 8.09. The average molecular weight is 307 g/mol. The predicted octanol–water partition coefficient (Wildman–Crippen LogP) is 4.49. The van der Waals surface area contributed by atoms with Crippen LogP contribution in [0.4, 0.5) is 0 Å². The zero-order chi connectivity index (χ0) is 14.4. The summed E-state index contributed by atoms with van der Waals surface area (Å²) in [5, 5.41) is 4.31. The number of nitrogens with one attached hydrogen (secondary N) is 1. The lowest BCUT2D eigenvalue weighted by Crippen LogP contribution is -2.23. The van der Waals surface area contributed by atoms with Crippen LogP contribution in [0.2, 0.25) is 5.02 Å². The van der Waals surface area contributed by atoms with Crippen molar-refractivity contribution in [3.8, 4) is 0 Å². The van der Waals surface area contributed by atoms with E-state index in [1.807, 2.05) is 36.3 Å². The van der Waals surface area contributed by atoms with Crippen LogP contribution in [0.1, 0.15) is 24.1 Å². The van der Waals surface area contributed by atoms with E-state index in [1.54, 1.807) is 0 Å². The smallest absolute Gasteiger partial charge is 0.0433 e. The summed E-state index contributed by atoms with van der Waals surface area (Å²) in [5.74, 6) is 0.974. The van der Waals surface area contributed by atoms with E-state index in [2.05, 4.69) is 42.3 Å². The first-order valence-electron chi connectivity index (χ1n) is 6.73. The number of hydrogen-bond donors (Lipinski definition) is 1. The number of nitrogens with zero attached hydrogens (tertiary/aromatic N) is 1. The maximum absolute atomic E-state index is 5.91. The van der Waals surface area contributed by atoms with Crippen LogP contribution in [0, 0.1) is 6.92 Å². The quantitative estimate of drug-likeness (QED) is 0.796. The summed E-state index contributed by atoms with van der Waals surface area (Å²) in [5.41, 5.74) is 2.55. The van der Waals surface area contributed by atoms with Crippen LogP contribution in [0.15, 0.2) is 47.6 Å². The molecule has 1 aromatic carbocycles. The molecule has 1 N–H and O–H groups in total. The van der Waals surface area contributed by atoms with Crippen LogP contribution in [-0.4, -0.2) is 17.3 Å². The third kappa shape index (κ3) is 4.23. The molecule has 0 amide bonds. The number of aryl methyl sites for hydroxylation is 1. The summed E-state index contributed by atoms with van der Waals surface area (Å²) >= 11 is 7.74. The normalized spacial score (nSPS) is 12.3. The lowest BCUT2D eigenvalue weighted by molar-refractivity contribution is 0.601. The molecular formula is C16H19ClN2S. The number of aromatic nitrogens is 1. The molecule has 2 aromatic rings. The molecule has 1 atom stereocenters. The fourth-order valence-electron chi connectivity index (χ4n) is 2.06. The lowest BCUT2D eigenvalue weighted by atomic mass is 10.1. The standard InChI is InChI=1S/C16H19ClN2S/c1-3-19-16(15-10-18-9-8-12(15)2)11-20-14-6-4-13(17)5-7-14/h4-10,16,19H,3,11H2,1-2H3. The third-order valence-corrected chi connectivity index (χ3v) is 4.49. The van der Waals surface area contributed by atoms with Crippen molar-refractivity contribution in [2.45, 2.75) is 24.8 Å². The Morgan fingerprint density at radius 3 is 2.65 bits per heavy atom. The minimum absolute atomic E-state index is 0.314. The number of pyridine rings is 1. The SMILES string of the molecule is CCNC(CSc1ccc(Cl)cc1)c1cnccc1C. The van der Waals surface area contributed by atoms with Crippen molar-refractivity contribution in [2.24, 2.45) is 0 Å². The van der Waals surface area contributed by atoms with Gasteiger partial charge in [-0.3, -0.25) is 4.98 Å². The second-order valence-electron chi connectivity index (χ2n) is 4.61. The molecule has 106 valence electrons. The van der Waals surface area contributed by atoms with Crippen molar-refractivity contribution in [1.29, 1.82) is 0 Å². The highest BCUT2D eigenvalue weighted by Gasteiger charge is 2.13. The molecule has 20 heavy (non-hydrogen) atoms. The zero-order valence-electron chi connectivity index (χ0n) is 11.8. The summed E-state index contributed by atoms with van der Waals surface area (Å²) in [6, 6.07) is 10.4. The van der Waals surface area contributed by atoms with Crippen LogP contribution in [0.3, 0.4) is 0 Å². The topological polar surface area (TPSA) is 24.9 Å². The van der Waals surface area contributed by atoms with Crippen LogP contribution in [-0.2, 0) is 0 Å². The summed E-state index contributed by atoms with van der Waals surface area (Å²) in [6.07, 6.45) is 3.80. The highest BCUT2D eigenvalue weighted by Crippen LogP contribution is 2.26. The van der Waals surface area contributed by atoms with Gasteiger partial charge in [-0.15, -0.1) is 11.8 Å². The molecule has 1 unspecified atom stereocenters. The van der Waals surface area contributed by atoms with Gasteiger partial charge in [0.05, 0.1) is 0 Å². The first kappa shape index (κ1) is 15.4. The highest BCUT2D eigenvalue weighted by molar-refractivity contribution is 7.99. The number of thioether (sulfide) groups is 1. The van der Waals surface area contributed by atoms with E-state index in [1.165, 1.54) is 16.0 Å². The van der Waals surface area contributed by atoms with Gasteiger partial charge < -0.3 is 5.32 Å². The van der Waals surface area contributed by atoms with E-state index in [9.17, 15) is 0 Å². The maximum atomic E-state index is 5.91. The zero-order valence-corrected chi connectivity index (χ0v) is 13.3. The average Bonchev–Trinajstić information content (AvgIpc) is 2.46. The van der Waals surface area contributed by atoms with E-state index in [0.717, 1.165) is 17.3 Å². The third-order valence-electron chi connectivity index (χ3n) is 3.14. The summed E-state index contributed by atoms with van der Waals surface area (Å²) < 4.78 is 0. The molecule has 2 rings (SSSR count). The van der Waals surface area contributed by atoms with Gasteiger partial charge in [0, 0.05) is 34.1 Å². The Bertz CT molecular complexity index is 542. The minimum atomic E-state index is 0.314. The Balaban J connectivity index is 2.06. The molecule has 4 heteroatoms. The second-order valence-corrected chi connectivity index (χ2v) is 6.14. The van der Waals surface area contributed by atoms with Crippen molar-refractivity contribution in [2.75, 3.05) is 12.3 Å². The van der Waals surface area contributed by atoms with Gasteiger partial charge in [0.2, 0.25) is 0 Å². The number of halogens is 1. The van der Waals surface area contributed by atoms with Gasteiger partial charge in [-0.1, -0.05) is 18.5 Å². The molecule has 0 saturated carbocycles. The maximum Gasteiger partial charge on any atom is 0.0433 e. The van der Waals surface area contributed by atoms with E-state index < -0.39 is 0 Å². The van der Waals surface area contributed by atoms with E-state index in [4.69, 9.17) is 11.6 Å². The molecule has 2 nitrogen and oxygen atoms in total. The van der Waals surface area contributed by atoms with E-state index in [0.29, 0.717) is 6.04 Å². The van der Waals surface area contributed by atoms with Crippen molar-refractivity contribution in [1.82, 2.24) is 10.3 Å². The molecule has 0 spiro atoms. The molecule has 0 radical (unpaired) electrons. The molecular weight excluding hydrogens is 288 g/mol. The molecule has 0 aliphatic heterocycles. The van der Waals surface area contributed by atoms with Crippen LogP contribution in [0.5, 0.6) is 0 Å². The molecule has 0 aliphatic rings. The molecule has 0 aliphatic carbocycles. The molecule has 0 saturated heterocycles. The molecule has 0 bridgehead atoms. The fourth-order valence-corrected chi connectivity index (χ4v) is 3.17. The highest BCUT2D eigenvalue weighted by atomic mass is 35.5. The lowest BCUT2D eigenvalue weighted by Gasteiger charge is -2.19. The van der Waals surface area contributed by atoms with E-state index in [-0.39, 0.29) is 0 Å². The Hall–Kier alpha value is -1.03. The summed E-state index contributed by atoms with van der Waals surface area (Å²) in [4.78, 5) is 5.48. The largest absolute Gasteiger partial charge is 0.309 e. The Labute approximate surface area is 130 Å². The Kier molecular flexibility index (Phi) is 5.89. The van der Waals surface area contributed by atoms with Gasteiger partial charge in [0.1, 0.15) is 0 Å². The summed E-state index contributed by atoms with van der Waals surface area (Å²) in [7, 11) is 0. The van der Waals surface area contributed by atoms with Crippen LogP contribution < -0.4 is 5.32 Å². The molecule has 1 aromatic heterocycles. The minimum Gasteiger partial charge on any atom is -0.309 e. The number of benzene rings is 1. The summed E-state index contributed by atoms with van der Waals surface area (Å²) in [6.45, 7) is 5.21. The van der Waals surface area contributed by atoms with Gasteiger partial charge in [-0.25, -0.2) is 0 Å². The monoisotopic (exact) mass is 306 g/mol. The number of hydrogen-bond acceptors (Lipinski definition) is 3. The van der Waals surface area contributed by atoms with Crippen molar-refractivity contribution in [3.05, 3.63) is 58.9 Å². The van der Waals surface area contributed by atoms with E-state index >= 15 is 0 Å². The van der Waals surface area contributed by atoms with Crippen molar-refractivity contribution < 1.29 is 0 Å². The second kappa shape index (κ2) is 7.67. The number of rotatable bonds is 6. The fraction of sp³-hybridized carbons (Fsp3) is 0.312.